The summed E-state index contributed by atoms with van der Waals surface area (Å²) in [5, 5.41) is 3.01. The molecule has 17 heavy (non-hydrogen) atoms. The molecule has 0 spiro atoms. The van der Waals surface area contributed by atoms with Crippen molar-refractivity contribution >= 4 is 46.4 Å². The van der Waals surface area contributed by atoms with E-state index in [1.54, 1.807) is 6.07 Å². The van der Waals surface area contributed by atoms with Crippen LogP contribution in [0.2, 0.25) is 0 Å². The van der Waals surface area contributed by atoms with E-state index in [1.165, 1.54) is 7.11 Å². The molecule has 0 amide bonds. The molecule has 0 bridgehead atoms. The first-order valence-electron chi connectivity index (χ1n) is 4.87. The van der Waals surface area contributed by atoms with Crippen LogP contribution in [-0.2, 0) is 10.9 Å². The minimum atomic E-state index is -0.447. The van der Waals surface area contributed by atoms with E-state index >= 15 is 0 Å². The van der Waals surface area contributed by atoms with E-state index in [0.717, 1.165) is 22.1 Å². The molecule has 0 radical (unpaired) electrons. The third-order valence-electron chi connectivity index (χ3n) is 2.36. The Morgan fingerprint density at radius 1 is 1.59 bits per heavy atom. The van der Waals surface area contributed by atoms with Crippen molar-refractivity contribution in [2.75, 3.05) is 12.2 Å². The van der Waals surface area contributed by atoms with Crippen LogP contribution in [0, 0.1) is 0 Å². The molecule has 1 aromatic rings. The van der Waals surface area contributed by atoms with E-state index < -0.39 is 5.97 Å². The van der Waals surface area contributed by atoms with E-state index in [0.29, 0.717) is 11.3 Å². The number of carbonyl (C=O) groups excluding carboxylic acids is 1. The average Bonchev–Trinajstić information content (AvgIpc) is 2.36. The van der Waals surface area contributed by atoms with Gasteiger partial charge >= 0.3 is 5.97 Å². The third kappa shape index (κ3) is 2.90. The van der Waals surface area contributed by atoms with Crippen molar-refractivity contribution in [1.29, 1.82) is 0 Å². The SMILES string of the molecule is CCc1c(NP)c(Br)cc(C(=O)OP)c1OC. The van der Waals surface area contributed by atoms with Gasteiger partial charge in [-0.15, -0.1) is 0 Å². The fourth-order valence-corrected chi connectivity index (χ4v) is 2.88. The Hall–Kier alpha value is -0.370. The van der Waals surface area contributed by atoms with Gasteiger partial charge in [0.25, 0.3) is 0 Å². The number of methoxy groups -OCH3 is 1. The van der Waals surface area contributed by atoms with Crippen LogP contribution in [0.15, 0.2) is 10.5 Å². The van der Waals surface area contributed by atoms with Crippen LogP contribution in [-0.4, -0.2) is 13.1 Å². The first kappa shape index (κ1) is 14.7. The summed E-state index contributed by atoms with van der Waals surface area (Å²) in [6.07, 6.45) is 0.733. The second-order valence-electron chi connectivity index (χ2n) is 3.20. The van der Waals surface area contributed by atoms with Gasteiger partial charge in [-0.2, -0.15) is 0 Å². The highest BCUT2D eigenvalue weighted by Crippen LogP contribution is 2.38. The van der Waals surface area contributed by atoms with Gasteiger partial charge in [-0.1, -0.05) is 6.92 Å². The molecule has 4 nitrogen and oxygen atoms in total. The summed E-state index contributed by atoms with van der Waals surface area (Å²) in [7, 11) is 5.91. The van der Waals surface area contributed by atoms with Crippen molar-refractivity contribution in [3.05, 3.63) is 21.7 Å². The Bertz CT molecular complexity index is 440. The highest BCUT2D eigenvalue weighted by Gasteiger charge is 2.21. The number of halogens is 1. The lowest BCUT2D eigenvalue weighted by atomic mass is 10.0. The zero-order valence-corrected chi connectivity index (χ0v) is 13.4. The van der Waals surface area contributed by atoms with Crippen molar-refractivity contribution in [3.8, 4) is 5.75 Å². The number of rotatable bonds is 4. The number of hydrogen-bond donors (Lipinski definition) is 1. The smallest absolute Gasteiger partial charge is 0.344 e. The van der Waals surface area contributed by atoms with Crippen molar-refractivity contribution in [2.24, 2.45) is 0 Å². The van der Waals surface area contributed by atoms with E-state index in [-0.39, 0.29) is 0 Å². The molecule has 1 N–H and O–H groups in total. The molecule has 0 saturated heterocycles. The second kappa shape index (κ2) is 6.53. The Morgan fingerprint density at radius 3 is 2.65 bits per heavy atom. The number of benzene rings is 1. The van der Waals surface area contributed by atoms with E-state index in [4.69, 9.17) is 4.74 Å². The molecule has 0 saturated carbocycles. The van der Waals surface area contributed by atoms with Crippen LogP contribution >= 0.6 is 34.8 Å². The van der Waals surface area contributed by atoms with Crippen LogP contribution < -0.4 is 9.82 Å². The lowest BCUT2D eigenvalue weighted by Crippen LogP contribution is -2.06. The lowest BCUT2D eigenvalue weighted by Gasteiger charge is -2.17. The summed E-state index contributed by atoms with van der Waals surface area (Å²) in [6, 6.07) is 1.68. The molecule has 0 heterocycles. The maximum Gasteiger partial charge on any atom is 0.344 e. The van der Waals surface area contributed by atoms with E-state index in [1.807, 2.05) is 16.4 Å². The van der Waals surface area contributed by atoms with Crippen LogP contribution in [0.25, 0.3) is 0 Å². The highest BCUT2D eigenvalue weighted by atomic mass is 79.9. The molecular formula is C10H14BrNO3P2. The number of anilines is 1. The summed E-state index contributed by atoms with van der Waals surface area (Å²) < 4.78 is 10.8. The molecule has 94 valence electrons. The zero-order valence-electron chi connectivity index (χ0n) is 9.54. The summed E-state index contributed by atoms with van der Waals surface area (Å²) >= 11 is 3.41. The molecule has 1 aromatic carbocycles. The summed E-state index contributed by atoms with van der Waals surface area (Å²) in [6.45, 7) is 1.99. The van der Waals surface area contributed by atoms with Gasteiger partial charge in [-0.05, 0) is 37.8 Å². The van der Waals surface area contributed by atoms with E-state index in [2.05, 4.69) is 34.9 Å². The largest absolute Gasteiger partial charge is 0.495 e. The maximum absolute atomic E-state index is 11.6. The van der Waals surface area contributed by atoms with Gasteiger partial charge in [-0.3, -0.25) is 0 Å². The minimum absolute atomic E-state index is 0.398. The quantitative estimate of drug-likeness (QED) is 0.857. The highest BCUT2D eigenvalue weighted by molar-refractivity contribution is 9.10. The first-order valence-corrected chi connectivity index (χ1v) is 6.71. The normalized spacial score (nSPS) is 9.94. The molecule has 0 aliphatic heterocycles. The fraction of sp³-hybridized carbons (Fsp3) is 0.300. The van der Waals surface area contributed by atoms with Gasteiger partial charge < -0.3 is 14.3 Å². The van der Waals surface area contributed by atoms with Crippen molar-refractivity contribution in [2.45, 2.75) is 13.3 Å². The van der Waals surface area contributed by atoms with Gasteiger partial charge in [-0.25, -0.2) is 4.79 Å². The van der Waals surface area contributed by atoms with Gasteiger partial charge in [0.2, 0.25) is 0 Å². The van der Waals surface area contributed by atoms with Crippen LogP contribution in [0.3, 0.4) is 0 Å². The Kier molecular flexibility index (Phi) is 5.64. The predicted molar refractivity (Wildman–Crippen MR) is 78.5 cm³/mol. The molecule has 2 unspecified atom stereocenters. The maximum atomic E-state index is 11.6. The molecule has 7 heteroatoms. The Labute approximate surface area is 113 Å². The number of hydrogen-bond acceptors (Lipinski definition) is 4. The molecule has 0 aliphatic carbocycles. The number of carbonyl (C=O) groups is 1. The lowest BCUT2D eigenvalue weighted by molar-refractivity contribution is 0.0762. The topological polar surface area (TPSA) is 47.6 Å². The molecule has 0 aliphatic rings. The average molecular weight is 338 g/mol. The Balaban J connectivity index is 3.53. The standard InChI is InChI=1S/C10H14BrNO3P2/c1-3-5-8(12-16)7(11)4-6(9(5)14-2)10(13)15-17/h4,12H,3,16-17H2,1-2H3. The number of ether oxygens (including phenoxy) is 1. The van der Waals surface area contributed by atoms with Gasteiger partial charge in [0.1, 0.15) is 11.3 Å². The van der Waals surface area contributed by atoms with Gasteiger partial charge in [0.15, 0.2) is 0 Å². The monoisotopic (exact) mass is 337 g/mol. The summed E-state index contributed by atoms with van der Waals surface area (Å²) in [5.41, 5.74) is 2.20. The van der Waals surface area contributed by atoms with Gasteiger partial charge in [0.05, 0.1) is 22.3 Å². The number of nitrogens with one attached hydrogen (secondary N) is 1. The third-order valence-corrected chi connectivity index (χ3v) is 3.49. The molecule has 1 rings (SSSR count). The zero-order chi connectivity index (χ0) is 13.0. The molecule has 0 fully saturated rings. The second-order valence-corrected chi connectivity index (χ2v) is 4.57. The summed E-state index contributed by atoms with van der Waals surface area (Å²) in [4.78, 5) is 11.6. The molecule has 2 atom stereocenters. The summed E-state index contributed by atoms with van der Waals surface area (Å²) in [5.74, 6) is 0.0886. The van der Waals surface area contributed by atoms with Crippen LogP contribution in [0.1, 0.15) is 22.8 Å². The van der Waals surface area contributed by atoms with Crippen LogP contribution in [0.4, 0.5) is 5.69 Å². The molecular weight excluding hydrogens is 324 g/mol. The minimum Gasteiger partial charge on any atom is -0.495 e. The van der Waals surface area contributed by atoms with Crippen molar-refractivity contribution in [3.63, 3.8) is 0 Å². The first-order chi connectivity index (χ1) is 8.10. The predicted octanol–water partition coefficient (Wildman–Crippen LogP) is 3.17. The fourth-order valence-electron chi connectivity index (χ4n) is 1.63. The Morgan fingerprint density at radius 2 is 2.24 bits per heavy atom. The van der Waals surface area contributed by atoms with E-state index in [9.17, 15) is 4.79 Å². The van der Waals surface area contributed by atoms with Crippen molar-refractivity contribution < 1.29 is 14.1 Å². The van der Waals surface area contributed by atoms with Crippen LogP contribution in [0.5, 0.6) is 5.75 Å². The van der Waals surface area contributed by atoms with Crippen molar-refractivity contribution in [1.82, 2.24) is 0 Å². The molecule has 0 aromatic heterocycles. The van der Waals surface area contributed by atoms with Gasteiger partial charge in [0, 0.05) is 10.0 Å².